The Morgan fingerprint density at radius 2 is 1.64 bits per heavy atom. The van der Waals surface area contributed by atoms with Gasteiger partial charge in [-0.05, 0) is 36.4 Å². The van der Waals surface area contributed by atoms with Gasteiger partial charge in [-0.2, -0.15) is 0 Å². The van der Waals surface area contributed by atoms with E-state index in [1.54, 1.807) is 48.7 Å². The fraction of sp³-hybridized carbons (Fsp3) is 0.0400. The van der Waals surface area contributed by atoms with Crippen LogP contribution in [0, 0.1) is 0 Å². The zero-order valence-corrected chi connectivity index (χ0v) is 17.0. The third kappa shape index (κ3) is 2.77. The Balaban J connectivity index is 1.60. The van der Waals surface area contributed by atoms with E-state index >= 15 is 0 Å². The Morgan fingerprint density at radius 1 is 0.818 bits per heavy atom. The van der Waals surface area contributed by atoms with Crippen molar-refractivity contribution in [2.45, 2.75) is 5.60 Å². The predicted molar refractivity (Wildman–Crippen MR) is 116 cm³/mol. The van der Waals surface area contributed by atoms with Crippen molar-refractivity contribution in [3.05, 3.63) is 101 Å². The largest absolute Gasteiger partial charge is 0.508 e. The molecule has 4 aromatic rings. The van der Waals surface area contributed by atoms with Crippen LogP contribution in [0.2, 0.25) is 0 Å². The molecule has 1 aromatic heterocycles. The summed E-state index contributed by atoms with van der Waals surface area (Å²) in [7, 11) is 0. The fourth-order valence-corrected chi connectivity index (χ4v) is 4.28. The van der Waals surface area contributed by atoms with E-state index < -0.39 is 11.6 Å². The molecule has 1 unspecified atom stereocenters. The highest BCUT2D eigenvalue weighted by atomic mass is 16.6. The van der Waals surface area contributed by atoms with E-state index in [4.69, 9.17) is 9.47 Å². The lowest BCUT2D eigenvalue weighted by atomic mass is 9.77. The molecule has 0 saturated carbocycles. The maximum absolute atomic E-state index is 12.9. The molecule has 0 fully saturated rings. The first-order valence-electron chi connectivity index (χ1n) is 10.1. The number of hydrogen-bond donors (Lipinski definition) is 2. The van der Waals surface area contributed by atoms with E-state index in [0.29, 0.717) is 33.8 Å². The number of phenols is 2. The maximum Gasteiger partial charge on any atom is 0.340 e. The normalized spacial score (nSPS) is 17.9. The Kier molecular flexibility index (Phi) is 3.97. The minimum Gasteiger partial charge on any atom is -0.508 e. The molecule has 2 aliphatic rings. The summed E-state index contributed by atoms with van der Waals surface area (Å²) in [4.78, 5) is 17.0. The van der Waals surface area contributed by atoms with E-state index in [2.05, 4.69) is 15.2 Å². The van der Waals surface area contributed by atoms with Gasteiger partial charge in [-0.1, -0.05) is 24.3 Å². The van der Waals surface area contributed by atoms with Crippen LogP contribution in [0.15, 0.2) is 89.2 Å². The monoisotopic (exact) mass is 437 g/mol. The highest BCUT2D eigenvalue weighted by molar-refractivity contribution is 5.97. The van der Waals surface area contributed by atoms with Gasteiger partial charge in [-0.15, -0.1) is 10.2 Å². The van der Waals surface area contributed by atoms with Gasteiger partial charge < -0.3 is 19.7 Å². The molecule has 8 heteroatoms. The summed E-state index contributed by atoms with van der Waals surface area (Å²) in [6, 6.07) is 19.9. The standard InChI is InChI=1S/C25H15N3O5/c29-14-8-9-17-21(11-14)32-22-13-20(30)19(27-28-23-7-3-4-10-26-23)12-18(22)25(17)16-6-2-1-5-15(16)24(31)33-25/h1-13,29-30H/b28-27+. The van der Waals surface area contributed by atoms with E-state index in [1.807, 2.05) is 12.1 Å². The first-order chi connectivity index (χ1) is 16.1. The Bertz CT molecular complexity index is 1470. The topological polar surface area (TPSA) is 114 Å². The van der Waals surface area contributed by atoms with Crippen molar-refractivity contribution in [1.29, 1.82) is 0 Å². The van der Waals surface area contributed by atoms with Gasteiger partial charge in [-0.25, -0.2) is 9.78 Å². The number of hydrogen-bond acceptors (Lipinski definition) is 8. The molecule has 3 aromatic carbocycles. The Labute approximate surface area is 187 Å². The van der Waals surface area contributed by atoms with E-state index in [1.165, 1.54) is 18.2 Å². The summed E-state index contributed by atoms with van der Waals surface area (Å²) in [5.74, 6) is 0.294. The summed E-state index contributed by atoms with van der Waals surface area (Å²) in [5, 5.41) is 28.9. The zero-order valence-electron chi connectivity index (χ0n) is 17.0. The molecule has 2 N–H and O–H groups in total. The Hall–Kier alpha value is -4.72. The van der Waals surface area contributed by atoms with Crippen molar-refractivity contribution >= 4 is 17.5 Å². The highest BCUT2D eigenvalue weighted by Crippen LogP contribution is 2.58. The van der Waals surface area contributed by atoms with E-state index in [-0.39, 0.29) is 22.9 Å². The van der Waals surface area contributed by atoms with Crippen molar-refractivity contribution in [3.63, 3.8) is 0 Å². The Morgan fingerprint density at radius 3 is 2.48 bits per heavy atom. The highest BCUT2D eigenvalue weighted by Gasteiger charge is 2.53. The van der Waals surface area contributed by atoms with E-state index in [0.717, 1.165) is 0 Å². The summed E-state index contributed by atoms with van der Waals surface area (Å²) in [6.07, 6.45) is 1.59. The molecule has 0 aliphatic carbocycles. The van der Waals surface area contributed by atoms with Crippen LogP contribution in [0.5, 0.6) is 23.0 Å². The SMILES string of the molecule is O=C1OC2(c3ccc(O)cc3Oc3cc(O)c(/N=N/c4ccccn4)cc32)c2ccccc21. The van der Waals surface area contributed by atoms with Crippen molar-refractivity contribution in [1.82, 2.24) is 4.98 Å². The second-order valence-electron chi connectivity index (χ2n) is 7.62. The fourth-order valence-electron chi connectivity index (χ4n) is 4.28. The summed E-state index contributed by atoms with van der Waals surface area (Å²) >= 11 is 0. The van der Waals surface area contributed by atoms with Crippen molar-refractivity contribution < 1.29 is 24.5 Å². The molecule has 0 saturated heterocycles. The second kappa shape index (κ2) is 6.89. The van der Waals surface area contributed by atoms with Gasteiger partial charge in [0.25, 0.3) is 0 Å². The molecule has 6 rings (SSSR count). The smallest absolute Gasteiger partial charge is 0.340 e. The van der Waals surface area contributed by atoms with Crippen molar-refractivity contribution in [2.75, 3.05) is 0 Å². The maximum atomic E-state index is 12.9. The van der Waals surface area contributed by atoms with Crippen molar-refractivity contribution in [3.8, 4) is 23.0 Å². The minimum absolute atomic E-state index is 0.00466. The second-order valence-corrected chi connectivity index (χ2v) is 7.62. The first-order valence-corrected chi connectivity index (χ1v) is 10.1. The number of carbonyl (C=O) groups is 1. The number of esters is 1. The number of aromatic nitrogens is 1. The lowest BCUT2D eigenvalue weighted by molar-refractivity contribution is 0.0224. The molecule has 0 bridgehead atoms. The predicted octanol–water partition coefficient (Wildman–Crippen LogP) is 5.48. The van der Waals surface area contributed by atoms with Gasteiger partial charge in [-0.3, -0.25) is 0 Å². The third-order valence-corrected chi connectivity index (χ3v) is 5.70. The number of aromatic hydroxyl groups is 2. The van der Waals surface area contributed by atoms with Crippen LogP contribution in [-0.4, -0.2) is 21.2 Å². The molecule has 1 spiro atoms. The molecular weight excluding hydrogens is 422 g/mol. The van der Waals surface area contributed by atoms with Crippen LogP contribution >= 0.6 is 0 Å². The van der Waals surface area contributed by atoms with Gasteiger partial charge in [0.2, 0.25) is 0 Å². The lowest BCUT2D eigenvalue weighted by Gasteiger charge is -2.36. The van der Waals surface area contributed by atoms with Gasteiger partial charge in [0.05, 0.1) is 11.1 Å². The van der Waals surface area contributed by atoms with Gasteiger partial charge in [0, 0.05) is 29.5 Å². The van der Waals surface area contributed by atoms with Gasteiger partial charge >= 0.3 is 5.97 Å². The van der Waals surface area contributed by atoms with Gasteiger partial charge in [0.1, 0.15) is 28.7 Å². The molecule has 0 radical (unpaired) electrons. The summed E-state index contributed by atoms with van der Waals surface area (Å²) in [6.45, 7) is 0. The molecule has 33 heavy (non-hydrogen) atoms. The zero-order chi connectivity index (χ0) is 22.6. The number of phenolic OH excluding ortho intramolecular Hbond substituents is 2. The molecule has 2 aliphatic heterocycles. The van der Waals surface area contributed by atoms with Crippen LogP contribution in [0.25, 0.3) is 0 Å². The lowest BCUT2D eigenvalue weighted by Crippen LogP contribution is -2.32. The van der Waals surface area contributed by atoms with Crippen LogP contribution in [0.3, 0.4) is 0 Å². The van der Waals surface area contributed by atoms with Crippen LogP contribution < -0.4 is 4.74 Å². The number of pyridine rings is 1. The molecule has 3 heterocycles. The minimum atomic E-state index is -1.34. The number of ether oxygens (including phenoxy) is 2. The van der Waals surface area contributed by atoms with Crippen molar-refractivity contribution in [2.24, 2.45) is 10.2 Å². The van der Waals surface area contributed by atoms with Crippen LogP contribution in [0.1, 0.15) is 27.0 Å². The average Bonchev–Trinajstić information content (AvgIpc) is 3.12. The number of benzene rings is 3. The molecule has 8 nitrogen and oxygen atoms in total. The molecule has 0 amide bonds. The summed E-state index contributed by atoms with van der Waals surface area (Å²) in [5.41, 5.74) is 0.896. The van der Waals surface area contributed by atoms with Crippen LogP contribution in [-0.2, 0) is 10.3 Å². The summed E-state index contributed by atoms with van der Waals surface area (Å²) < 4.78 is 12.0. The quantitative estimate of drug-likeness (QED) is 0.317. The van der Waals surface area contributed by atoms with Gasteiger partial charge in [0.15, 0.2) is 11.4 Å². The number of nitrogens with zero attached hydrogens (tertiary/aromatic N) is 3. The average molecular weight is 437 g/mol. The molecular formula is C25H15N3O5. The first kappa shape index (κ1) is 19.0. The van der Waals surface area contributed by atoms with E-state index in [9.17, 15) is 15.0 Å². The number of fused-ring (bicyclic) bond motifs is 6. The number of azo groups is 1. The number of carbonyl (C=O) groups excluding carboxylic acids is 1. The third-order valence-electron chi connectivity index (χ3n) is 5.70. The number of rotatable bonds is 2. The van der Waals surface area contributed by atoms with Crippen LogP contribution in [0.4, 0.5) is 11.5 Å². The molecule has 160 valence electrons. The molecule has 1 atom stereocenters.